The summed E-state index contributed by atoms with van der Waals surface area (Å²) in [5.74, 6) is 1.31. The molecule has 0 radical (unpaired) electrons. The van der Waals surface area contributed by atoms with Crippen LogP contribution in [0.15, 0.2) is 17.0 Å². The predicted octanol–water partition coefficient (Wildman–Crippen LogP) is 3.02. The van der Waals surface area contributed by atoms with Crippen molar-refractivity contribution in [3.8, 4) is 17.6 Å². The number of ether oxygens (including phenoxy) is 2. The van der Waals surface area contributed by atoms with Crippen LogP contribution in [0.1, 0.15) is 25.0 Å². The highest BCUT2D eigenvalue weighted by Crippen LogP contribution is 2.38. The Bertz CT molecular complexity index is 700. The highest BCUT2D eigenvalue weighted by atomic mass is 79.9. The molecule has 1 heterocycles. The van der Waals surface area contributed by atoms with Crippen LogP contribution in [-0.4, -0.2) is 24.9 Å². The Morgan fingerprint density at radius 2 is 2.21 bits per heavy atom. The number of hydrogen-bond donors (Lipinski definition) is 3. The number of nitrogens with zero attached hydrogens (tertiary/aromatic N) is 1. The van der Waals surface area contributed by atoms with E-state index >= 15 is 0 Å². The molecule has 0 amide bonds. The first-order valence-electron chi connectivity index (χ1n) is 7.27. The molecule has 0 fully saturated rings. The molecule has 0 saturated heterocycles. The number of nitrogens with two attached hydrogens (primary N) is 1. The molecule has 24 heavy (non-hydrogen) atoms. The number of rotatable bonds is 4. The summed E-state index contributed by atoms with van der Waals surface area (Å²) in [6.45, 7) is 4.52. The van der Waals surface area contributed by atoms with Crippen molar-refractivity contribution in [3.05, 3.63) is 28.2 Å². The third-order valence-corrected chi connectivity index (χ3v) is 4.14. The summed E-state index contributed by atoms with van der Waals surface area (Å²) in [6, 6.07) is 6.12. The second-order valence-electron chi connectivity index (χ2n) is 5.12. The fourth-order valence-corrected chi connectivity index (χ4v) is 3.10. The van der Waals surface area contributed by atoms with Crippen molar-refractivity contribution in [2.24, 2.45) is 5.73 Å². The normalized spacial score (nSPS) is 17.5. The van der Waals surface area contributed by atoms with E-state index in [-0.39, 0.29) is 28.2 Å². The van der Waals surface area contributed by atoms with Crippen molar-refractivity contribution in [3.63, 3.8) is 0 Å². The molecule has 1 aromatic carbocycles. The van der Waals surface area contributed by atoms with Crippen molar-refractivity contribution in [2.45, 2.75) is 26.3 Å². The van der Waals surface area contributed by atoms with Gasteiger partial charge in [-0.25, -0.2) is 0 Å². The maximum Gasteiger partial charge on any atom is 0.161 e. The van der Waals surface area contributed by atoms with Crippen LogP contribution in [0, 0.1) is 16.7 Å². The zero-order valence-electron chi connectivity index (χ0n) is 13.8. The Kier molecular flexibility index (Phi) is 7.45. The van der Waals surface area contributed by atoms with Crippen LogP contribution in [0.4, 0.5) is 0 Å². The molecule has 1 unspecified atom stereocenters. The second-order valence-corrected chi connectivity index (χ2v) is 6.18. The monoisotopic (exact) mass is 412 g/mol. The van der Waals surface area contributed by atoms with E-state index in [4.69, 9.17) is 20.6 Å². The molecule has 1 aliphatic heterocycles. The minimum Gasteiger partial charge on any atom is -0.493 e. The highest BCUT2D eigenvalue weighted by Gasteiger charge is 2.25. The van der Waals surface area contributed by atoms with E-state index in [1.807, 2.05) is 26.0 Å². The van der Waals surface area contributed by atoms with Crippen LogP contribution < -0.4 is 20.5 Å². The average molecular weight is 413 g/mol. The molecule has 2 rings (SSSR count). The molecule has 1 atom stereocenters. The molecule has 0 saturated carbocycles. The zero-order chi connectivity index (χ0) is 17.0. The van der Waals surface area contributed by atoms with Crippen LogP contribution >= 0.6 is 28.7 Å². The van der Waals surface area contributed by atoms with E-state index in [1.54, 1.807) is 7.11 Å². The SMILES string of the molecule is Br.CCOc1cc2c(cc1OC)C(=C(C#N)SC(=N)N)NC(C)C2. The first kappa shape index (κ1) is 20.2. The number of thioether (sulfide) groups is 1. The van der Waals surface area contributed by atoms with Gasteiger partial charge in [0.05, 0.1) is 19.4 Å². The van der Waals surface area contributed by atoms with E-state index in [1.165, 1.54) is 0 Å². The summed E-state index contributed by atoms with van der Waals surface area (Å²) >= 11 is 0.945. The number of allylic oxidation sites excluding steroid dienone is 1. The first-order chi connectivity index (χ1) is 11.0. The lowest BCUT2D eigenvalue weighted by molar-refractivity contribution is 0.310. The third kappa shape index (κ3) is 4.36. The lowest BCUT2D eigenvalue weighted by Gasteiger charge is -2.28. The van der Waals surface area contributed by atoms with Gasteiger partial charge in [-0.15, -0.1) is 17.0 Å². The molecule has 1 aromatic rings. The van der Waals surface area contributed by atoms with Crippen LogP contribution in [0.2, 0.25) is 0 Å². The van der Waals surface area contributed by atoms with Crippen molar-refractivity contribution >= 4 is 39.6 Å². The summed E-state index contributed by atoms with van der Waals surface area (Å²) in [5.41, 5.74) is 8.08. The quantitative estimate of drug-likeness (QED) is 0.398. The van der Waals surface area contributed by atoms with Crippen molar-refractivity contribution in [2.75, 3.05) is 13.7 Å². The zero-order valence-corrected chi connectivity index (χ0v) is 16.3. The number of halogens is 1. The number of methoxy groups -OCH3 is 1. The molecule has 130 valence electrons. The number of hydrogen-bond acceptors (Lipinski definition) is 6. The van der Waals surface area contributed by atoms with Crippen LogP contribution in [0.5, 0.6) is 11.5 Å². The molecule has 1 aliphatic rings. The van der Waals surface area contributed by atoms with Gasteiger partial charge in [0.2, 0.25) is 0 Å². The summed E-state index contributed by atoms with van der Waals surface area (Å²) in [5, 5.41) is 20.1. The molecule has 0 spiro atoms. The maximum absolute atomic E-state index is 9.43. The predicted molar refractivity (Wildman–Crippen MR) is 103 cm³/mol. The van der Waals surface area contributed by atoms with E-state index in [0.717, 1.165) is 29.3 Å². The third-order valence-electron chi connectivity index (χ3n) is 3.42. The largest absolute Gasteiger partial charge is 0.493 e. The highest BCUT2D eigenvalue weighted by molar-refractivity contribution is 8.93. The van der Waals surface area contributed by atoms with Gasteiger partial charge in [-0.05, 0) is 49.7 Å². The van der Waals surface area contributed by atoms with Gasteiger partial charge < -0.3 is 20.5 Å². The molecule has 0 bridgehead atoms. The van der Waals surface area contributed by atoms with Gasteiger partial charge in [0.1, 0.15) is 11.0 Å². The van der Waals surface area contributed by atoms with Gasteiger partial charge in [0, 0.05) is 11.6 Å². The molecule has 0 aliphatic carbocycles. The summed E-state index contributed by atoms with van der Waals surface area (Å²) in [4.78, 5) is 0.372. The smallest absolute Gasteiger partial charge is 0.161 e. The molecule has 0 aromatic heterocycles. The van der Waals surface area contributed by atoms with Gasteiger partial charge in [0.15, 0.2) is 16.7 Å². The van der Waals surface area contributed by atoms with Gasteiger partial charge in [-0.2, -0.15) is 5.26 Å². The Hall–Kier alpha value is -1.85. The van der Waals surface area contributed by atoms with Crippen molar-refractivity contribution in [1.82, 2.24) is 5.32 Å². The molecular weight excluding hydrogens is 392 g/mol. The standard InChI is InChI=1S/C16H20N4O2S.BrH/c1-4-22-13-6-10-5-9(2)20-15(11(10)7-12(13)21-3)14(8-17)23-16(18)19;/h6-7,9,20H,4-5H2,1-3H3,(H3,18,19);1H. The number of amidine groups is 1. The van der Waals surface area contributed by atoms with E-state index < -0.39 is 0 Å². The Morgan fingerprint density at radius 3 is 2.75 bits per heavy atom. The molecular formula is C16H21BrN4O2S. The van der Waals surface area contributed by atoms with Gasteiger partial charge in [0.25, 0.3) is 0 Å². The van der Waals surface area contributed by atoms with E-state index in [2.05, 4.69) is 11.4 Å². The number of nitriles is 1. The number of nitrogens with one attached hydrogen (secondary N) is 2. The van der Waals surface area contributed by atoms with Crippen LogP contribution in [0.3, 0.4) is 0 Å². The summed E-state index contributed by atoms with van der Waals surface area (Å²) < 4.78 is 11.0. The minimum atomic E-state index is -0.117. The molecule has 8 heteroatoms. The topological polar surface area (TPSA) is 104 Å². The minimum absolute atomic E-state index is 0. The van der Waals surface area contributed by atoms with Crippen molar-refractivity contribution < 1.29 is 9.47 Å². The maximum atomic E-state index is 9.43. The molecule has 6 nitrogen and oxygen atoms in total. The van der Waals surface area contributed by atoms with E-state index in [0.29, 0.717) is 28.7 Å². The van der Waals surface area contributed by atoms with Crippen LogP contribution in [0.25, 0.3) is 5.70 Å². The lowest BCUT2D eigenvalue weighted by Crippen LogP contribution is -2.32. The number of fused-ring (bicyclic) bond motifs is 1. The average Bonchev–Trinajstić information content (AvgIpc) is 2.51. The number of benzene rings is 1. The molecule has 4 N–H and O–H groups in total. The van der Waals surface area contributed by atoms with E-state index in [9.17, 15) is 5.26 Å². The Balaban J connectivity index is 0.00000288. The lowest BCUT2D eigenvalue weighted by atomic mass is 9.93. The van der Waals surface area contributed by atoms with Crippen LogP contribution in [-0.2, 0) is 6.42 Å². The first-order valence-corrected chi connectivity index (χ1v) is 8.08. The van der Waals surface area contributed by atoms with Gasteiger partial charge >= 0.3 is 0 Å². The fourth-order valence-electron chi connectivity index (χ4n) is 2.56. The van der Waals surface area contributed by atoms with Crippen molar-refractivity contribution in [1.29, 1.82) is 10.7 Å². The second kappa shape index (κ2) is 8.85. The van der Waals surface area contributed by atoms with Gasteiger partial charge in [-0.1, -0.05) is 0 Å². The van der Waals surface area contributed by atoms with Gasteiger partial charge in [-0.3, -0.25) is 5.41 Å². The summed E-state index contributed by atoms with van der Waals surface area (Å²) in [6.07, 6.45) is 0.812. The fraction of sp³-hybridized carbons (Fsp3) is 0.375. The summed E-state index contributed by atoms with van der Waals surface area (Å²) in [7, 11) is 1.59. The Labute approximate surface area is 156 Å². The Morgan fingerprint density at radius 1 is 1.50 bits per heavy atom.